The van der Waals surface area contributed by atoms with Crippen molar-refractivity contribution in [2.24, 2.45) is 5.10 Å². The number of carboxylic acid groups (broad SMARTS) is 1. The lowest BCUT2D eigenvalue weighted by atomic mass is 10.2. The zero-order valence-electron chi connectivity index (χ0n) is 7.18. The number of hydrogen-bond acceptors (Lipinski definition) is 4. The molecule has 0 spiro atoms. The first-order chi connectivity index (χ1) is 6.77. The lowest BCUT2D eigenvalue weighted by Crippen LogP contribution is -2.25. The second kappa shape index (κ2) is 3.71. The summed E-state index contributed by atoms with van der Waals surface area (Å²) in [7, 11) is 0. The fraction of sp³-hybridized carbons (Fsp3) is 0.111. The molecular formula is C9H8N2O2S. The first-order valence-electron chi connectivity index (χ1n) is 4.05. The van der Waals surface area contributed by atoms with E-state index >= 15 is 0 Å². The maximum Gasteiger partial charge on any atom is 0.338 e. The Morgan fingerprint density at radius 2 is 2.14 bits per heavy atom. The summed E-state index contributed by atoms with van der Waals surface area (Å²) in [6, 6.07) is 9.50. The van der Waals surface area contributed by atoms with Crippen molar-refractivity contribution >= 4 is 22.8 Å². The van der Waals surface area contributed by atoms with Gasteiger partial charge in [-0.25, -0.2) is 4.79 Å². The highest BCUT2D eigenvalue weighted by molar-refractivity contribution is 8.15. The molecule has 0 fully saturated rings. The molecule has 0 saturated carbocycles. The van der Waals surface area contributed by atoms with Gasteiger partial charge in [0.05, 0.1) is 0 Å². The maximum atomic E-state index is 10.6. The molecule has 72 valence electrons. The van der Waals surface area contributed by atoms with E-state index in [-0.39, 0.29) is 0 Å². The van der Waals surface area contributed by atoms with Crippen LogP contribution < -0.4 is 5.43 Å². The molecule has 0 saturated heterocycles. The summed E-state index contributed by atoms with van der Waals surface area (Å²) in [5.74, 6) is -0.898. The molecule has 2 rings (SSSR count). The molecule has 4 nitrogen and oxygen atoms in total. The van der Waals surface area contributed by atoms with Crippen LogP contribution in [0.3, 0.4) is 0 Å². The standard InChI is InChI=1S/C9H8N2O2S/c12-9(13)8-11-10-7(14-8)6-4-2-1-3-5-6/h1-5,8,11H,(H,12,13)/t8-/m0/s1. The molecular weight excluding hydrogens is 200 g/mol. The van der Waals surface area contributed by atoms with Crippen molar-refractivity contribution < 1.29 is 9.90 Å². The number of rotatable bonds is 2. The Hall–Kier alpha value is -1.49. The number of nitrogens with one attached hydrogen (secondary N) is 1. The Morgan fingerprint density at radius 3 is 2.71 bits per heavy atom. The van der Waals surface area contributed by atoms with Crippen LogP contribution in [0.25, 0.3) is 0 Å². The molecule has 0 bridgehead atoms. The predicted octanol–water partition coefficient (Wildman–Crippen LogP) is 1.10. The molecule has 0 amide bonds. The molecule has 1 aromatic rings. The fourth-order valence-electron chi connectivity index (χ4n) is 1.10. The normalized spacial score (nSPS) is 20.0. The zero-order valence-corrected chi connectivity index (χ0v) is 7.99. The van der Waals surface area contributed by atoms with E-state index in [0.717, 1.165) is 10.6 Å². The highest BCUT2D eigenvalue weighted by atomic mass is 32.2. The monoisotopic (exact) mass is 208 g/mol. The molecule has 1 aliphatic heterocycles. The molecule has 0 aliphatic carbocycles. The Labute approximate surface area is 85.0 Å². The van der Waals surface area contributed by atoms with Gasteiger partial charge in [0.2, 0.25) is 0 Å². The van der Waals surface area contributed by atoms with E-state index in [9.17, 15) is 4.79 Å². The quantitative estimate of drug-likeness (QED) is 0.764. The molecule has 5 heteroatoms. The van der Waals surface area contributed by atoms with Crippen LogP contribution in [-0.4, -0.2) is 21.5 Å². The van der Waals surface area contributed by atoms with Gasteiger partial charge in [0.1, 0.15) is 5.04 Å². The number of hydrogen-bond donors (Lipinski definition) is 2. The Balaban J connectivity index is 2.13. The summed E-state index contributed by atoms with van der Waals surface area (Å²) in [5, 5.41) is 12.7. The first-order valence-corrected chi connectivity index (χ1v) is 4.93. The number of carboxylic acids is 1. The SMILES string of the molecule is O=C(O)[C@H]1NN=C(c2ccccc2)S1. The minimum absolute atomic E-state index is 0.662. The molecule has 1 heterocycles. The molecule has 0 aromatic heterocycles. The summed E-state index contributed by atoms with van der Waals surface area (Å²) < 4.78 is 0. The zero-order chi connectivity index (χ0) is 9.97. The third-order valence-corrected chi connectivity index (χ3v) is 2.85. The molecule has 1 atom stereocenters. The largest absolute Gasteiger partial charge is 0.479 e. The van der Waals surface area contributed by atoms with Crippen molar-refractivity contribution in [2.45, 2.75) is 5.37 Å². The van der Waals surface area contributed by atoms with Crippen LogP contribution in [0.1, 0.15) is 5.56 Å². The third kappa shape index (κ3) is 1.72. The third-order valence-electron chi connectivity index (χ3n) is 1.76. The van der Waals surface area contributed by atoms with Gasteiger partial charge in [0.25, 0.3) is 0 Å². The average Bonchev–Trinajstić information content (AvgIpc) is 2.68. The number of nitrogens with zero attached hydrogens (tertiary/aromatic N) is 1. The van der Waals surface area contributed by atoms with Crippen LogP contribution in [0.15, 0.2) is 35.4 Å². The summed E-state index contributed by atoms with van der Waals surface area (Å²) in [6.45, 7) is 0. The number of thioether (sulfide) groups is 1. The van der Waals surface area contributed by atoms with Crippen molar-refractivity contribution in [1.82, 2.24) is 5.43 Å². The molecule has 0 radical (unpaired) electrons. The number of aliphatic carboxylic acids is 1. The van der Waals surface area contributed by atoms with Crippen LogP contribution in [0, 0.1) is 0 Å². The van der Waals surface area contributed by atoms with Crippen LogP contribution in [0.4, 0.5) is 0 Å². The van der Waals surface area contributed by atoms with Crippen molar-refractivity contribution in [3.63, 3.8) is 0 Å². The Bertz CT molecular complexity index is 378. The van der Waals surface area contributed by atoms with E-state index < -0.39 is 11.3 Å². The van der Waals surface area contributed by atoms with E-state index in [0.29, 0.717) is 0 Å². The van der Waals surface area contributed by atoms with Gasteiger partial charge in [-0.1, -0.05) is 42.1 Å². The van der Waals surface area contributed by atoms with Crippen molar-refractivity contribution in [1.29, 1.82) is 0 Å². The van der Waals surface area contributed by atoms with Gasteiger partial charge in [0.15, 0.2) is 5.37 Å². The maximum absolute atomic E-state index is 10.6. The van der Waals surface area contributed by atoms with Gasteiger partial charge in [-0.3, -0.25) is 5.43 Å². The van der Waals surface area contributed by atoms with E-state index in [4.69, 9.17) is 5.11 Å². The summed E-state index contributed by atoms with van der Waals surface area (Å²) in [4.78, 5) is 10.6. The molecule has 2 N–H and O–H groups in total. The summed E-state index contributed by atoms with van der Waals surface area (Å²) >= 11 is 1.21. The Morgan fingerprint density at radius 1 is 1.43 bits per heavy atom. The average molecular weight is 208 g/mol. The van der Waals surface area contributed by atoms with Gasteiger partial charge in [-0.2, -0.15) is 5.10 Å². The van der Waals surface area contributed by atoms with Gasteiger partial charge in [0, 0.05) is 5.56 Å². The van der Waals surface area contributed by atoms with Crippen LogP contribution in [0.5, 0.6) is 0 Å². The predicted molar refractivity (Wildman–Crippen MR) is 55.1 cm³/mol. The number of benzene rings is 1. The van der Waals surface area contributed by atoms with Crippen LogP contribution >= 0.6 is 11.8 Å². The van der Waals surface area contributed by atoms with Crippen molar-refractivity contribution in [3.8, 4) is 0 Å². The summed E-state index contributed by atoms with van der Waals surface area (Å²) in [5.41, 5.74) is 3.49. The van der Waals surface area contributed by atoms with Gasteiger partial charge in [-0.15, -0.1) is 0 Å². The fourth-order valence-corrected chi connectivity index (χ4v) is 1.91. The van der Waals surface area contributed by atoms with E-state index in [1.54, 1.807) is 0 Å². The molecule has 0 unspecified atom stereocenters. The number of carbonyl (C=O) groups is 1. The summed E-state index contributed by atoms with van der Waals surface area (Å²) in [6.07, 6.45) is 0. The Kier molecular flexibility index (Phi) is 2.41. The molecule has 1 aromatic carbocycles. The topological polar surface area (TPSA) is 61.7 Å². The smallest absolute Gasteiger partial charge is 0.338 e. The minimum atomic E-state index is -0.898. The minimum Gasteiger partial charge on any atom is -0.479 e. The van der Waals surface area contributed by atoms with Gasteiger partial charge in [-0.05, 0) is 0 Å². The van der Waals surface area contributed by atoms with Crippen LogP contribution in [0.2, 0.25) is 0 Å². The number of hydrazone groups is 1. The second-order valence-corrected chi connectivity index (χ2v) is 3.84. The first kappa shape index (κ1) is 9.08. The molecule has 1 aliphatic rings. The highest BCUT2D eigenvalue weighted by Gasteiger charge is 2.25. The lowest BCUT2D eigenvalue weighted by molar-refractivity contribution is -0.136. The van der Waals surface area contributed by atoms with E-state index in [1.807, 2.05) is 30.3 Å². The van der Waals surface area contributed by atoms with E-state index in [1.165, 1.54) is 11.8 Å². The lowest BCUT2D eigenvalue weighted by Gasteiger charge is -2.00. The van der Waals surface area contributed by atoms with Crippen molar-refractivity contribution in [2.75, 3.05) is 0 Å². The second-order valence-electron chi connectivity index (χ2n) is 2.75. The highest BCUT2D eigenvalue weighted by Crippen LogP contribution is 2.22. The van der Waals surface area contributed by atoms with Gasteiger partial charge >= 0.3 is 5.97 Å². The van der Waals surface area contributed by atoms with E-state index in [2.05, 4.69) is 10.5 Å². The molecule has 14 heavy (non-hydrogen) atoms. The van der Waals surface area contributed by atoms with Gasteiger partial charge < -0.3 is 5.11 Å². The van der Waals surface area contributed by atoms with Crippen LogP contribution in [-0.2, 0) is 4.79 Å². The van der Waals surface area contributed by atoms with Crippen molar-refractivity contribution in [3.05, 3.63) is 35.9 Å².